The quantitative estimate of drug-likeness (QED) is 0.504. The normalized spacial score (nSPS) is 11.3. The summed E-state index contributed by atoms with van der Waals surface area (Å²) in [6.45, 7) is 9.47. The van der Waals surface area contributed by atoms with Crippen LogP contribution in [-0.2, 0) is 4.79 Å². The highest BCUT2D eigenvalue weighted by Gasteiger charge is 2.14. The molecule has 0 unspecified atom stereocenters. The van der Waals surface area contributed by atoms with Crippen LogP contribution in [0.4, 0.5) is 0 Å². The van der Waals surface area contributed by atoms with E-state index in [1.54, 1.807) is 18.2 Å². The van der Waals surface area contributed by atoms with E-state index in [9.17, 15) is 4.79 Å². The fourth-order valence-corrected chi connectivity index (χ4v) is 2.47. The minimum atomic E-state index is -1.30. The molecule has 6 nitrogen and oxygen atoms in total. The van der Waals surface area contributed by atoms with Crippen molar-refractivity contribution < 1.29 is 19.4 Å². The SMILES string of the molecule is CCOc1cc(C=C(C#N)C(=O)O)cc(Cl)c1OCCN(CC)CC. The molecule has 0 aliphatic heterocycles. The maximum absolute atomic E-state index is 11.0. The Bertz CT molecular complexity index is 664. The second kappa shape index (κ2) is 10.6. The van der Waals surface area contributed by atoms with Gasteiger partial charge in [0.05, 0.1) is 11.6 Å². The Morgan fingerprint density at radius 1 is 1.32 bits per heavy atom. The Balaban J connectivity index is 3.07. The monoisotopic (exact) mass is 366 g/mol. The predicted octanol–water partition coefficient (Wildman–Crippen LogP) is 3.45. The topological polar surface area (TPSA) is 82.8 Å². The lowest BCUT2D eigenvalue weighted by atomic mass is 10.1. The van der Waals surface area contributed by atoms with Gasteiger partial charge in [-0.3, -0.25) is 0 Å². The number of carboxylic acids is 1. The van der Waals surface area contributed by atoms with Crippen molar-refractivity contribution in [1.29, 1.82) is 5.26 Å². The standard InChI is InChI=1S/C18H23ClN2O4/c1-4-21(5-2)7-8-25-17-15(19)10-13(11-16(17)24-6-3)9-14(12-20)18(22)23/h9-11H,4-8H2,1-3H3,(H,22,23). The number of hydrogen-bond acceptors (Lipinski definition) is 5. The number of carboxylic acid groups (broad SMARTS) is 1. The third-order valence-electron chi connectivity index (χ3n) is 3.54. The van der Waals surface area contributed by atoms with Gasteiger partial charge in [-0.1, -0.05) is 25.4 Å². The summed E-state index contributed by atoms with van der Waals surface area (Å²) in [5, 5.41) is 18.1. The molecular weight excluding hydrogens is 344 g/mol. The van der Waals surface area contributed by atoms with Crippen LogP contribution < -0.4 is 9.47 Å². The van der Waals surface area contributed by atoms with E-state index < -0.39 is 5.97 Å². The average molecular weight is 367 g/mol. The molecular formula is C18H23ClN2O4. The largest absolute Gasteiger partial charge is 0.490 e. The van der Waals surface area contributed by atoms with Crippen LogP contribution in [-0.4, -0.2) is 48.8 Å². The second-order valence-electron chi connectivity index (χ2n) is 5.11. The van der Waals surface area contributed by atoms with Crippen LogP contribution in [0, 0.1) is 11.3 Å². The highest BCUT2D eigenvalue weighted by atomic mass is 35.5. The van der Waals surface area contributed by atoms with Crippen molar-refractivity contribution in [2.45, 2.75) is 20.8 Å². The molecule has 0 spiro atoms. The van der Waals surface area contributed by atoms with Crippen LogP contribution >= 0.6 is 11.6 Å². The van der Waals surface area contributed by atoms with E-state index in [4.69, 9.17) is 31.4 Å². The molecule has 0 amide bonds. The molecule has 1 aromatic rings. The first-order valence-corrected chi connectivity index (χ1v) is 8.51. The molecule has 0 aromatic heterocycles. The van der Waals surface area contributed by atoms with Crippen LogP contribution in [0.1, 0.15) is 26.3 Å². The molecule has 0 radical (unpaired) electrons. The summed E-state index contributed by atoms with van der Waals surface area (Å²) >= 11 is 6.28. The zero-order valence-electron chi connectivity index (χ0n) is 14.7. The van der Waals surface area contributed by atoms with E-state index in [-0.39, 0.29) is 5.57 Å². The van der Waals surface area contributed by atoms with E-state index in [0.717, 1.165) is 19.6 Å². The van der Waals surface area contributed by atoms with Crippen LogP contribution in [0.3, 0.4) is 0 Å². The second-order valence-corrected chi connectivity index (χ2v) is 5.52. The van der Waals surface area contributed by atoms with Crippen molar-refractivity contribution in [3.63, 3.8) is 0 Å². The van der Waals surface area contributed by atoms with Crippen molar-refractivity contribution >= 4 is 23.6 Å². The van der Waals surface area contributed by atoms with Crippen molar-refractivity contribution in [1.82, 2.24) is 4.90 Å². The van der Waals surface area contributed by atoms with E-state index in [0.29, 0.717) is 35.3 Å². The molecule has 0 saturated heterocycles. The molecule has 0 fully saturated rings. The van der Waals surface area contributed by atoms with E-state index in [1.165, 1.54) is 6.08 Å². The molecule has 1 N–H and O–H groups in total. The Morgan fingerprint density at radius 2 is 2.00 bits per heavy atom. The van der Waals surface area contributed by atoms with Gasteiger partial charge in [0.15, 0.2) is 11.5 Å². The first-order chi connectivity index (χ1) is 12.0. The highest BCUT2D eigenvalue weighted by molar-refractivity contribution is 6.32. The van der Waals surface area contributed by atoms with Crippen molar-refractivity contribution in [3.8, 4) is 17.6 Å². The van der Waals surface area contributed by atoms with Gasteiger partial charge in [-0.25, -0.2) is 4.79 Å². The molecule has 136 valence electrons. The van der Waals surface area contributed by atoms with Gasteiger partial charge in [0.1, 0.15) is 18.2 Å². The molecule has 0 heterocycles. The Kier molecular flexibility index (Phi) is 8.82. The first kappa shape index (κ1) is 20.8. The minimum absolute atomic E-state index is 0.305. The first-order valence-electron chi connectivity index (χ1n) is 8.13. The Hall–Kier alpha value is -2.23. The number of carbonyl (C=O) groups is 1. The molecule has 25 heavy (non-hydrogen) atoms. The van der Waals surface area contributed by atoms with Gasteiger partial charge >= 0.3 is 5.97 Å². The molecule has 0 atom stereocenters. The van der Waals surface area contributed by atoms with Gasteiger partial charge in [-0.05, 0) is 43.8 Å². The maximum atomic E-state index is 11.0. The van der Waals surface area contributed by atoms with Gasteiger partial charge in [-0.2, -0.15) is 5.26 Å². The third kappa shape index (κ3) is 6.29. The summed E-state index contributed by atoms with van der Waals surface area (Å²) in [6, 6.07) is 4.80. The lowest BCUT2D eigenvalue weighted by Gasteiger charge is -2.19. The Morgan fingerprint density at radius 3 is 2.52 bits per heavy atom. The lowest BCUT2D eigenvalue weighted by molar-refractivity contribution is -0.132. The molecule has 0 aliphatic carbocycles. The van der Waals surface area contributed by atoms with Gasteiger partial charge in [0.2, 0.25) is 0 Å². The van der Waals surface area contributed by atoms with E-state index >= 15 is 0 Å². The van der Waals surface area contributed by atoms with Crippen molar-refractivity contribution in [2.24, 2.45) is 0 Å². The summed E-state index contributed by atoms with van der Waals surface area (Å²) in [5.41, 5.74) is 0.0807. The van der Waals surface area contributed by atoms with Crippen molar-refractivity contribution in [2.75, 3.05) is 32.8 Å². The number of aliphatic carboxylic acids is 1. The summed E-state index contributed by atoms with van der Waals surface area (Å²) in [7, 11) is 0. The summed E-state index contributed by atoms with van der Waals surface area (Å²) in [6.07, 6.45) is 1.25. The van der Waals surface area contributed by atoms with Gasteiger partial charge in [-0.15, -0.1) is 0 Å². The number of benzene rings is 1. The molecule has 1 aromatic carbocycles. The number of hydrogen-bond donors (Lipinski definition) is 1. The van der Waals surface area contributed by atoms with Crippen LogP contribution in [0.15, 0.2) is 17.7 Å². The van der Waals surface area contributed by atoms with Crippen LogP contribution in [0.25, 0.3) is 6.08 Å². The highest BCUT2D eigenvalue weighted by Crippen LogP contribution is 2.37. The predicted molar refractivity (Wildman–Crippen MR) is 97.1 cm³/mol. The number of nitrogens with zero attached hydrogens (tertiary/aromatic N) is 2. The average Bonchev–Trinajstić information content (AvgIpc) is 2.58. The van der Waals surface area contributed by atoms with Crippen LogP contribution in [0.5, 0.6) is 11.5 Å². The fraction of sp³-hybridized carbons (Fsp3) is 0.444. The lowest BCUT2D eigenvalue weighted by Crippen LogP contribution is -2.28. The molecule has 1 rings (SSSR count). The minimum Gasteiger partial charge on any atom is -0.490 e. The molecule has 0 bridgehead atoms. The smallest absolute Gasteiger partial charge is 0.346 e. The number of rotatable bonds is 10. The van der Waals surface area contributed by atoms with E-state index in [2.05, 4.69) is 18.7 Å². The maximum Gasteiger partial charge on any atom is 0.346 e. The summed E-state index contributed by atoms with van der Waals surface area (Å²) in [4.78, 5) is 13.2. The molecule has 0 aliphatic rings. The molecule has 0 saturated carbocycles. The van der Waals surface area contributed by atoms with Crippen LogP contribution in [0.2, 0.25) is 5.02 Å². The fourth-order valence-electron chi connectivity index (χ4n) is 2.20. The summed E-state index contributed by atoms with van der Waals surface area (Å²) in [5.74, 6) is -0.457. The number of ether oxygens (including phenoxy) is 2. The van der Waals surface area contributed by atoms with Gasteiger partial charge in [0.25, 0.3) is 0 Å². The van der Waals surface area contributed by atoms with E-state index in [1.807, 2.05) is 6.92 Å². The third-order valence-corrected chi connectivity index (χ3v) is 3.82. The molecule has 7 heteroatoms. The zero-order valence-corrected chi connectivity index (χ0v) is 15.5. The summed E-state index contributed by atoms with van der Waals surface area (Å²) < 4.78 is 11.3. The van der Waals surface area contributed by atoms with Gasteiger partial charge in [0, 0.05) is 6.54 Å². The Labute approximate surface area is 153 Å². The number of halogens is 1. The zero-order chi connectivity index (χ0) is 18.8. The number of likely N-dealkylation sites (N-methyl/N-ethyl adjacent to an activating group) is 1. The van der Waals surface area contributed by atoms with Gasteiger partial charge < -0.3 is 19.5 Å². The number of nitriles is 1. The van der Waals surface area contributed by atoms with Crippen molar-refractivity contribution in [3.05, 3.63) is 28.3 Å².